The first-order valence-corrected chi connectivity index (χ1v) is 16.3. The van der Waals surface area contributed by atoms with Gasteiger partial charge in [-0.3, -0.25) is 13.9 Å². The molecule has 1 unspecified atom stereocenters. The highest BCUT2D eigenvalue weighted by atomic mass is 32.2. The first-order valence-electron chi connectivity index (χ1n) is 14.9. The number of hydrogen-bond donors (Lipinski definition) is 1. The van der Waals surface area contributed by atoms with E-state index in [1.165, 1.54) is 17.0 Å². The lowest BCUT2D eigenvalue weighted by atomic mass is 10.0. The topological polar surface area (TPSA) is 86.8 Å². The maximum Gasteiger partial charge on any atom is 0.264 e. The van der Waals surface area contributed by atoms with E-state index in [1.54, 1.807) is 36.4 Å². The number of hydrogen-bond acceptors (Lipinski definition) is 4. The second-order valence-corrected chi connectivity index (χ2v) is 13.4. The van der Waals surface area contributed by atoms with Crippen molar-refractivity contribution in [2.24, 2.45) is 5.92 Å². The zero-order valence-electron chi connectivity index (χ0n) is 25.8. The molecule has 1 atom stereocenters. The van der Waals surface area contributed by atoms with Crippen LogP contribution in [0.5, 0.6) is 0 Å². The van der Waals surface area contributed by atoms with Gasteiger partial charge in [0.25, 0.3) is 10.0 Å². The second-order valence-electron chi connectivity index (χ2n) is 11.5. The fourth-order valence-corrected chi connectivity index (χ4v) is 6.33. The van der Waals surface area contributed by atoms with Gasteiger partial charge in [0.2, 0.25) is 11.8 Å². The summed E-state index contributed by atoms with van der Waals surface area (Å²) in [6.45, 7) is 7.99. The minimum atomic E-state index is -4.12. The molecule has 230 valence electrons. The Morgan fingerprint density at radius 1 is 0.750 bits per heavy atom. The van der Waals surface area contributed by atoms with Gasteiger partial charge in [0.15, 0.2) is 0 Å². The Morgan fingerprint density at radius 2 is 1.39 bits per heavy atom. The van der Waals surface area contributed by atoms with Crippen molar-refractivity contribution in [3.8, 4) is 0 Å². The van der Waals surface area contributed by atoms with Gasteiger partial charge in [0.05, 0.1) is 10.6 Å². The molecule has 0 radical (unpaired) electrons. The van der Waals surface area contributed by atoms with Crippen LogP contribution in [0.3, 0.4) is 0 Å². The van der Waals surface area contributed by atoms with Crippen molar-refractivity contribution >= 4 is 27.5 Å². The molecule has 0 bridgehead atoms. The predicted octanol–water partition coefficient (Wildman–Crippen LogP) is 5.91. The number of carbonyl (C=O) groups excluding carboxylic acids is 2. The number of nitrogens with zero attached hydrogens (tertiary/aromatic N) is 2. The molecule has 0 heterocycles. The van der Waals surface area contributed by atoms with Gasteiger partial charge in [0, 0.05) is 19.5 Å². The molecule has 0 aromatic heterocycles. The van der Waals surface area contributed by atoms with Gasteiger partial charge in [-0.25, -0.2) is 8.42 Å². The summed E-state index contributed by atoms with van der Waals surface area (Å²) in [4.78, 5) is 29.9. The average molecular weight is 612 g/mol. The summed E-state index contributed by atoms with van der Waals surface area (Å²) >= 11 is 0. The third kappa shape index (κ3) is 8.57. The van der Waals surface area contributed by atoms with Crippen LogP contribution in [0.1, 0.15) is 36.1 Å². The number of benzene rings is 4. The van der Waals surface area contributed by atoms with Crippen LogP contribution in [0.4, 0.5) is 5.69 Å². The van der Waals surface area contributed by atoms with Gasteiger partial charge < -0.3 is 10.2 Å². The summed E-state index contributed by atoms with van der Waals surface area (Å²) in [5.74, 6) is -0.548. The summed E-state index contributed by atoms with van der Waals surface area (Å²) in [5.41, 5.74) is 4.04. The number of amides is 2. The summed E-state index contributed by atoms with van der Waals surface area (Å²) in [6.07, 6.45) is 0.276. The number of nitrogens with one attached hydrogen (secondary N) is 1. The Morgan fingerprint density at radius 3 is 2.00 bits per heavy atom. The largest absolute Gasteiger partial charge is 0.354 e. The Bertz CT molecular complexity index is 1640. The summed E-state index contributed by atoms with van der Waals surface area (Å²) in [6, 6.07) is 31.6. The average Bonchev–Trinajstić information content (AvgIpc) is 3.02. The van der Waals surface area contributed by atoms with E-state index in [-0.39, 0.29) is 29.7 Å². The molecule has 0 saturated heterocycles. The fraction of sp³-hybridized carbons (Fsp3) is 0.278. The first kappa shape index (κ1) is 32.5. The summed E-state index contributed by atoms with van der Waals surface area (Å²) < 4.78 is 29.2. The van der Waals surface area contributed by atoms with Crippen LogP contribution in [0.15, 0.2) is 114 Å². The molecule has 8 heteroatoms. The van der Waals surface area contributed by atoms with Crippen molar-refractivity contribution in [3.63, 3.8) is 0 Å². The zero-order valence-corrected chi connectivity index (χ0v) is 26.6. The summed E-state index contributed by atoms with van der Waals surface area (Å²) in [5, 5.41) is 3.02. The van der Waals surface area contributed by atoms with E-state index in [1.807, 2.05) is 88.4 Å². The maximum atomic E-state index is 14.5. The molecular formula is C36H41N3O4S. The van der Waals surface area contributed by atoms with Crippen molar-refractivity contribution in [1.29, 1.82) is 0 Å². The van der Waals surface area contributed by atoms with Crippen LogP contribution < -0.4 is 9.62 Å². The molecule has 0 aliphatic rings. The smallest absolute Gasteiger partial charge is 0.264 e. The lowest BCUT2D eigenvalue weighted by molar-refractivity contribution is -0.140. The lowest BCUT2D eigenvalue weighted by Gasteiger charge is -2.34. The van der Waals surface area contributed by atoms with Crippen molar-refractivity contribution in [3.05, 3.63) is 131 Å². The minimum Gasteiger partial charge on any atom is -0.354 e. The van der Waals surface area contributed by atoms with E-state index in [0.717, 1.165) is 26.6 Å². The highest BCUT2D eigenvalue weighted by Crippen LogP contribution is 2.26. The van der Waals surface area contributed by atoms with Gasteiger partial charge in [0.1, 0.15) is 12.6 Å². The SMILES string of the molecule is Cc1ccc(CN(C(=O)CN(c2cccc(C)c2)S(=O)(=O)c2ccccc2)C(Cc2ccccc2)C(=O)NCC(C)C)cc1. The minimum absolute atomic E-state index is 0.0786. The van der Waals surface area contributed by atoms with E-state index >= 15 is 0 Å². The molecule has 0 aliphatic carbocycles. The maximum absolute atomic E-state index is 14.5. The van der Waals surface area contributed by atoms with Crippen molar-refractivity contribution in [1.82, 2.24) is 10.2 Å². The standard InChI is InChI=1S/C36H41N3O4S/c1-27(2)24-37-36(41)34(23-30-13-7-5-8-14-30)38(25-31-20-18-28(3)19-21-31)35(40)26-39(32-15-11-12-29(4)22-32)44(42,43)33-16-9-6-10-17-33/h5-22,27,34H,23-26H2,1-4H3,(H,37,41). The molecule has 0 spiro atoms. The Balaban J connectivity index is 1.79. The zero-order chi connectivity index (χ0) is 31.7. The molecule has 44 heavy (non-hydrogen) atoms. The van der Waals surface area contributed by atoms with Crippen LogP contribution >= 0.6 is 0 Å². The van der Waals surface area contributed by atoms with Crippen LogP contribution in [0.25, 0.3) is 0 Å². The molecule has 4 rings (SSSR count). The Hall–Kier alpha value is -4.43. The third-order valence-electron chi connectivity index (χ3n) is 7.33. The number of carbonyl (C=O) groups is 2. The molecule has 4 aromatic carbocycles. The molecule has 0 saturated carbocycles. The molecule has 0 aliphatic heterocycles. The van der Waals surface area contributed by atoms with Gasteiger partial charge >= 0.3 is 0 Å². The number of aryl methyl sites for hydroxylation is 2. The van der Waals surface area contributed by atoms with Gasteiger partial charge in [-0.2, -0.15) is 0 Å². The van der Waals surface area contributed by atoms with Crippen molar-refractivity contribution < 1.29 is 18.0 Å². The second kappa shape index (κ2) is 14.8. The predicted molar refractivity (Wildman–Crippen MR) is 176 cm³/mol. The van der Waals surface area contributed by atoms with E-state index in [2.05, 4.69) is 5.32 Å². The van der Waals surface area contributed by atoms with E-state index < -0.39 is 28.5 Å². The van der Waals surface area contributed by atoms with Gasteiger partial charge in [-0.15, -0.1) is 0 Å². The van der Waals surface area contributed by atoms with Gasteiger partial charge in [-0.05, 0) is 60.7 Å². The number of sulfonamides is 1. The highest BCUT2D eigenvalue weighted by molar-refractivity contribution is 7.92. The van der Waals surface area contributed by atoms with Crippen LogP contribution in [0.2, 0.25) is 0 Å². The Kier molecular flexibility index (Phi) is 11.0. The van der Waals surface area contributed by atoms with Gasteiger partial charge in [-0.1, -0.05) is 104 Å². The van der Waals surface area contributed by atoms with Crippen molar-refractivity contribution in [2.45, 2.75) is 51.6 Å². The molecule has 1 N–H and O–H groups in total. The normalized spacial score (nSPS) is 12.0. The molecule has 4 aromatic rings. The van der Waals surface area contributed by atoms with E-state index in [4.69, 9.17) is 0 Å². The molecule has 2 amide bonds. The van der Waals surface area contributed by atoms with Crippen LogP contribution in [-0.2, 0) is 32.6 Å². The monoisotopic (exact) mass is 611 g/mol. The highest BCUT2D eigenvalue weighted by Gasteiger charge is 2.34. The first-order chi connectivity index (χ1) is 21.0. The van der Waals surface area contributed by atoms with Crippen LogP contribution in [-0.4, -0.2) is 44.3 Å². The molecule has 0 fully saturated rings. The molecule has 7 nitrogen and oxygen atoms in total. The summed E-state index contributed by atoms with van der Waals surface area (Å²) in [7, 11) is -4.12. The fourth-order valence-electron chi connectivity index (χ4n) is 4.90. The molecular weight excluding hydrogens is 570 g/mol. The third-order valence-corrected chi connectivity index (χ3v) is 9.12. The number of anilines is 1. The quantitative estimate of drug-likeness (QED) is 0.204. The Labute approximate surface area is 261 Å². The lowest BCUT2D eigenvalue weighted by Crippen LogP contribution is -2.53. The number of rotatable bonds is 13. The van der Waals surface area contributed by atoms with E-state index in [0.29, 0.717) is 12.2 Å². The van der Waals surface area contributed by atoms with Crippen molar-refractivity contribution in [2.75, 3.05) is 17.4 Å². The van der Waals surface area contributed by atoms with E-state index in [9.17, 15) is 18.0 Å². The van der Waals surface area contributed by atoms with Crippen LogP contribution in [0, 0.1) is 19.8 Å².